The van der Waals surface area contributed by atoms with Crippen molar-refractivity contribution in [2.45, 2.75) is 64.8 Å². The first-order valence-electron chi connectivity index (χ1n) is 10.3. The fourth-order valence-electron chi connectivity index (χ4n) is 4.11. The van der Waals surface area contributed by atoms with E-state index in [4.69, 9.17) is 4.74 Å². The summed E-state index contributed by atoms with van der Waals surface area (Å²) in [6.45, 7) is 10.7. The first-order valence-corrected chi connectivity index (χ1v) is 10.3. The van der Waals surface area contributed by atoms with E-state index in [2.05, 4.69) is 29.3 Å². The fraction of sp³-hybridized carbons (Fsp3) is 0.636. The standard InChI is InChI=1S/C22H33N3O3/c1-16-10-11-25(20(26)12-16)19-15-24(13-17-8-6-5-7-9-17)14-18(19)23-21(27)28-22(2,3)4/h5-9,16,18-19H,10-15H2,1-4H3,(H,23,27). The van der Waals surface area contributed by atoms with Crippen molar-refractivity contribution in [3.8, 4) is 0 Å². The second-order valence-corrected chi connectivity index (χ2v) is 9.18. The van der Waals surface area contributed by atoms with E-state index < -0.39 is 11.7 Å². The van der Waals surface area contributed by atoms with Gasteiger partial charge in [0.05, 0.1) is 12.1 Å². The van der Waals surface area contributed by atoms with Gasteiger partial charge in [-0.1, -0.05) is 37.3 Å². The summed E-state index contributed by atoms with van der Waals surface area (Å²) in [6, 6.07) is 10.2. The molecule has 3 rings (SSSR count). The van der Waals surface area contributed by atoms with Crippen LogP contribution < -0.4 is 5.32 Å². The third-order valence-corrected chi connectivity index (χ3v) is 5.42. The fourth-order valence-corrected chi connectivity index (χ4v) is 4.11. The second kappa shape index (κ2) is 8.52. The lowest BCUT2D eigenvalue weighted by Gasteiger charge is -2.37. The predicted molar refractivity (Wildman–Crippen MR) is 109 cm³/mol. The zero-order chi connectivity index (χ0) is 20.3. The van der Waals surface area contributed by atoms with Crippen molar-refractivity contribution in [2.24, 2.45) is 5.92 Å². The number of benzene rings is 1. The SMILES string of the molecule is CC1CCN(C2CN(Cc3ccccc3)CC2NC(=O)OC(C)(C)C)C(=O)C1. The molecule has 0 spiro atoms. The van der Waals surface area contributed by atoms with Crippen LogP contribution in [0.5, 0.6) is 0 Å². The molecule has 2 heterocycles. The molecule has 2 amide bonds. The highest BCUT2D eigenvalue weighted by atomic mass is 16.6. The van der Waals surface area contributed by atoms with E-state index >= 15 is 0 Å². The maximum absolute atomic E-state index is 12.7. The Labute approximate surface area is 168 Å². The molecule has 28 heavy (non-hydrogen) atoms. The highest BCUT2D eigenvalue weighted by molar-refractivity contribution is 5.78. The number of piperidine rings is 1. The summed E-state index contributed by atoms with van der Waals surface area (Å²) < 4.78 is 5.46. The molecule has 6 nitrogen and oxygen atoms in total. The largest absolute Gasteiger partial charge is 0.444 e. The number of likely N-dealkylation sites (tertiary alicyclic amines) is 2. The third kappa shape index (κ3) is 5.47. The highest BCUT2D eigenvalue weighted by Crippen LogP contribution is 2.25. The van der Waals surface area contributed by atoms with Crippen LogP contribution in [0.15, 0.2) is 30.3 Å². The average molecular weight is 388 g/mol. The molecule has 2 fully saturated rings. The lowest BCUT2D eigenvalue weighted by Crippen LogP contribution is -2.55. The summed E-state index contributed by atoms with van der Waals surface area (Å²) in [7, 11) is 0. The topological polar surface area (TPSA) is 61.9 Å². The number of carbonyl (C=O) groups excluding carboxylic acids is 2. The molecule has 6 heteroatoms. The van der Waals surface area contributed by atoms with Gasteiger partial charge >= 0.3 is 6.09 Å². The summed E-state index contributed by atoms with van der Waals surface area (Å²) in [4.78, 5) is 29.4. The molecule has 2 aliphatic rings. The van der Waals surface area contributed by atoms with E-state index in [9.17, 15) is 9.59 Å². The van der Waals surface area contributed by atoms with Crippen molar-refractivity contribution in [2.75, 3.05) is 19.6 Å². The molecule has 1 aromatic carbocycles. The van der Waals surface area contributed by atoms with Gasteiger partial charge in [-0.05, 0) is 38.7 Å². The Hall–Kier alpha value is -2.08. The maximum Gasteiger partial charge on any atom is 0.407 e. The molecule has 3 atom stereocenters. The number of hydrogen-bond acceptors (Lipinski definition) is 4. The van der Waals surface area contributed by atoms with Crippen LogP contribution in [-0.4, -0.2) is 59.1 Å². The van der Waals surface area contributed by atoms with Crippen molar-refractivity contribution < 1.29 is 14.3 Å². The Bertz CT molecular complexity index is 686. The third-order valence-electron chi connectivity index (χ3n) is 5.42. The summed E-state index contributed by atoms with van der Waals surface area (Å²) in [5, 5.41) is 3.03. The predicted octanol–water partition coefficient (Wildman–Crippen LogP) is 3.02. The Balaban J connectivity index is 1.71. The van der Waals surface area contributed by atoms with Gasteiger partial charge in [-0.15, -0.1) is 0 Å². The number of ether oxygens (including phenoxy) is 1. The minimum atomic E-state index is -0.543. The van der Waals surface area contributed by atoms with Crippen molar-refractivity contribution in [1.29, 1.82) is 0 Å². The zero-order valence-electron chi connectivity index (χ0n) is 17.5. The van der Waals surface area contributed by atoms with E-state index in [1.54, 1.807) is 0 Å². The number of alkyl carbamates (subject to hydrolysis) is 1. The molecule has 0 bridgehead atoms. The molecule has 0 radical (unpaired) electrons. The first kappa shape index (κ1) is 20.6. The van der Waals surface area contributed by atoms with Crippen LogP contribution in [-0.2, 0) is 16.1 Å². The average Bonchev–Trinajstić information content (AvgIpc) is 2.96. The molecule has 0 aliphatic carbocycles. The van der Waals surface area contributed by atoms with Gasteiger partial charge in [0.15, 0.2) is 0 Å². The molecular formula is C22H33N3O3. The first-order chi connectivity index (χ1) is 13.2. The maximum atomic E-state index is 12.7. The van der Waals surface area contributed by atoms with Crippen LogP contribution in [0.25, 0.3) is 0 Å². The smallest absolute Gasteiger partial charge is 0.407 e. The second-order valence-electron chi connectivity index (χ2n) is 9.18. The van der Waals surface area contributed by atoms with Crippen LogP contribution in [0.4, 0.5) is 4.79 Å². The summed E-state index contributed by atoms with van der Waals surface area (Å²) in [5.41, 5.74) is 0.691. The number of carbonyl (C=O) groups is 2. The number of rotatable bonds is 4. The molecule has 3 unspecified atom stereocenters. The van der Waals surface area contributed by atoms with E-state index in [0.29, 0.717) is 18.9 Å². The highest BCUT2D eigenvalue weighted by Gasteiger charge is 2.41. The Morgan fingerprint density at radius 3 is 2.57 bits per heavy atom. The zero-order valence-corrected chi connectivity index (χ0v) is 17.5. The van der Waals surface area contributed by atoms with Gasteiger partial charge in [-0.2, -0.15) is 0 Å². The molecule has 1 N–H and O–H groups in total. The Morgan fingerprint density at radius 2 is 1.93 bits per heavy atom. The molecule has 0 aromatic heterocycles. The normalized spacial score (nSPS) is 26.4. The van der Waals surface area contributed by atoms with Crippen molar-refractivity contribution >= 4 is 12.0 Å². The minimum Gasteiger partial charge on any atom is -0.444 e. The van der Waals surface area contributed by atoms with Gasteiger partial charge in [0.1, 0.15) is 5.60 Å². The molecule has 2 saturated heterocycles. The van der Waals surface area contributed by atoms with E-state index in [-0.39, 0.29) is 18.0 Å². The summed E-state index contributed by atoms with van der Waals surface area (Å²) in [6.07, 6.45) is 1.19. The number of amides is 2. The lowest BCUT2D eigenvalue weighted by atomic mass is 9.96. The molecule has 2 aliphatic heterocycles. The number of nitrogens with one attached hydrogen (secondary N) is 1. The van der Waals surface area contributed by atoms with Gasteiger partial charge in [-0.25, -0.2) is 4.79 Å². The van der Waals surface area contributed by atoms with E-state index in [0.717, 1.165) is 26.1 Å². The van der Waals surface area contributed by atoms with E-state index in [1.807, 2.05) is 43.9 Å². The monoisotopic (exact) mass is 387 g/mol. The van der Waals surface area contributed by atoms with Crippen molar-refractivity contribution in [1.82, 2.24) is 15.1 Å². The van der Waals surface area contributed by atoms with Gasteiger partial charge in [-0.3, -0.25) is 9.69 Å². The van der Waals surface area contributed by atoms with E-state index in [1.165, 1.54) is 5.56 Å². The minimum absolute atomic E-state index is 0.0174. The van der Waals surface area contributed by atoms with Crippen LogP contribution in [0.2, 0.25) is 0 Å². The molecule has 0 saturated carbocycles. The summed E-state index contributed by atoms with van der Waals surface area (Å²) in [5.74, 6) is 0.629. The van der Waals surface area contributed by atoms with Crippen LogP contribution in [0.3, 0.4) is 0 Å². The van der Waals surface area contributed by atoms with Gasteiger partial charge in [0, 0.05) is 32.6 Å². The molecular weight excluding hydrogens is 354 g/mol. The number of hydrogen-bond donors (Lipinski definition) is 1. The Kier molecular flexibility index (Phi) is 6.28. The van der Waals surface area contributed by atoms with Crippen LogP contribution >= 0.6 is 0 Å². The Morgan fingerprint density at radius 1 is 1.21 bits per heavy atom. The molecule has 1 aromatic rings. The van der Waals surface area contributed by atoms with Crippen LogP contribution in [0.1, 0.15) is 46.1 Å². The lowest BCUT2D eigenvalue weighted by molar-refractivity contribution is -0.137. The summed E-state index contributed by atoms with van der Waals surface area (Å²) >= 11 is 0. The van der Waals surface area contributed by atoms with Gasteiger partial charge in [0.25, 0.3) is 0 Å². The van der Waals surface area contributed by atoms with Gasteiger partial charge in [0.2, 0.25) is 5.91 Å². The quantitative estimate of drug-likeness (QED) is 0.863. The van der Waals surface area contributed by atoms with Crippen molar-refractivity contribution in [3.05, 3.63) is 35.9 Å². The molecule has 154 valence electrons. The van der Waals surface area contributed by atoms with Crippen molar-refractivity contribution in [3.63, 3.8) is 0 Å². The number of nitrogens with zero attached hydrogens (tertiary/aromatic N) is 2. The van der Waals surface area contributed by atoms with Crippen LogP contribution in [0, 0.1) is 5.92 Å². The van der Waals surface area contributed by atoms with Gasteiger partial charge < -0.3 is 15.0 Å².